The molecule has 1 amide bonds. The molecule has 0 spiro atoms. The van der Waals surface area contributed by atoms with Crippen molar-refractivity contribution < 1.29 is 9.18 Å². The lowest BCUT2D eigenvalue weighted by Gasteiger charge is -2.09. The Bertz CT molecular complexity index is 1150. The number of amides is 1. The van der Waals surface area contributed by atoms with Gasteiger partial charge in [0.15, 0.2) is 5.65 Å². The fourth-order valence-corrected chi connectivity index (χ4v) is 3.17. The molecule has 0 atom stereocenters. The number of carbonyl (C=O) groups excluding carboxylic acids is 1. The summed E-state index contributed by atoms with van der Waals surface area (Å²) in [5, 5.41) is 7.50. The van der Waals surface area contributed by atoms with Gasteiger partial charge in [0, 0.05) is 23.7 Å². The van der Waals surface area contributed by atoms with Gasteiger partial charge >= 0.3 is 0 Å². The van der Waals surface area contributed by atoms with Gasteiger partial charge in [0.2, 0.25) is 0 Å². The van der Waals surface area contributed by atoms with Crippen LogP contribution in [0.5, 0.6) is 0 Å². The van der Waals surface area contributed by atoms with Gasteiger partial charge in [-0.2, -0.15) is 5.10 Å². The molecular formula is C23H21FN4O. The first-order valence-corrected chi connectivity index (χ1v) is 9.66. The van der Waals surface area contributed by atoms with E-state index in [9.17, 15) is 9.18 Å². The van der Waals surface area contributed by atoms with Crippen molar-refractivity contribution in [3.8, 4) is 22.5 Å². The molecule has 1 N–H and O–H groups in total. The molecule has 0 saturated carbocycles. The lowest BCUT2D eigenvalue weighted by Crippen LogP contribution is -2.25. The van der Waals surface area contributed by atoms with Crippen molar-refractivity contribution >= 4 is 11.6 Å². The second-order valence-electron chi connectivity index (χ2n) is 6.78. The third kappa shape index (κ3) is 3.87. The zero-order valence-electron chi connectivity index (χ0n) is 16.1. The van der Waals surface area contributed by atoms with E-state index in [1.165, 1.54) is 6.07 Å². The zero-order chi connectivity index (χ0) is 20.2. The van der Waals surface area contributed by atoms with Gasteiger partial charge in [0.25, 0.3) is 5.91 Å². The number of halogens is 1. The molecule has 0 aliphatic rings. The smallest absolute Gasteiger partial charge is 0.270 e. The van der Waals surface area contributed by atoms with E-state index in [0.717, 1.165) is 18.4 Å². The van der Waals surface area contributed by atoms with Gasteiger partial charge in [0.1, 0.15) is 11.5 Å². The van der Waals surface area contributed by atoms with Crippen LogP contribution in [0.1, 0.15) is 30.3 Å². The van der Waals surface area contributed by atoms with E-state index in [0.29, 0.717) is 29.1 Å². The third-order valence-corrected chi connectivity index (χ3v) is 4.70. The Morgan fingerprint density at radius 3 is 2.59 bits per heavy atom. The number of carbonyl (C=O) groups is 1. The molecule has 5 nitrogen and oxygen atoms in total. The fraction of sp³-hybridized carbons (Fsp3) is 0.174. The minimum atomic E-state index is -0.380. The van der Waals surface area contributed by atoms with Gasteiger partial charge in [-0.15, -0.1) is 0 Å². The van der Waals surface area contributed by atoms with Gasteiger partial charge in [0.05, 0.1) is 11.4 Å². The van der Waals surface area contributed by atoms with Crippen LogP contribution in [0.4, 0.5) is 4.39 Å². The maximum absolute atomic E-state index is 14.6. The standard InChI is InChI=1S/C23H21FN4O/c1-2-3-13-25-23(29)20-14-21(17-11-7-8-12-18(17)24)28-22(26-20)15-19(27-28)16-9-5-4-6-10-16/h4-12,14-15H,2-3,13H2,1H3,(H,25,29). The third-order valence-electron chi connectivity index (χ3n) is 4.70. The van der Waals surface area contributed by atoms with Crippen LogP contribution in [-0.4, -0.2) is 27.0 Å². The van der Waals surface area contributed by atoms with E-state index in [4.69, 9.17) is 0 Å². The van der Waals surface area contributed by atoms with Gasteiger partial charge < -0.3 is 5.32 Å². The predicted octanol–water partition coefficient (Wildman–Crippen LogP) is 4.73. The zero-order valence-corrected chi connectivity index (χ0v) is 16.1. The lowest BCUT2D eigenvalue weighted by atomic mass is 10.1. The van der Waals surface area contributed by atoms with Crippen molar-refractivity contribution in [2.75, 3.05) is 6.54 Å². The second-order valence-corrected chi connectivity index (χ2v) is 6.78. The van der Waals surface area contributed by atoms with E-state index in [1.807, 2.05) is 36.4 Å². The summed E-state index contributed by atoms with van der Waals surface area (Å²) in [6, 6.07) is 19.5. The van der Waals surface area contributed by atoms with Crippen LogP contribution in [0, 0.1) is 5.82 Å². The average Bonchev–Trinajstić information content (AvgIpc) is 3.18. The minimum absolute atomic E-state index is 0.242. The summed E-state index contributed by atoms with van der Waals surface area (Å²) in [7, 11) is 0. The molecular weight excluding hydrogens is 367 g/mol. The van der Waals surface area contributed by atoms with Crippen LogP contribution in [0.15, 0.2) is 66.7 Å². The summed E-state index contributed by atoms with van der Waals surface area (Å²) >= 11 is 0. The van der Waals surface area contributed by atoms with E-state index < -0.39 is 0 Å². The maximum Gasteiger partial charge on any atom is 0.270 e. The van der Waals surface area contributed by atoms with Gasteiger partial charge in [-0.3, -0.25) is 4.79 Å². The van der Waals surface area contributed by atoms with Crippen molar-refractivity contribution in [3.05, 3.63) is 78.2 Å². The number of unbranched alkanes of at least 4 members (excludes halogenated alkanes) is 1. The number of benzene rings is 2. The van der Waals surface area contributed by atoms with Crippen LogP contribution in [0.3, 0.4) is 0 Å². The van der Waals surface area contributed by atoms with Crippen molar-refractivity contribution in [3.63, 3.8) is 0 Å². The van der Waals surface area contributed by atoms with Crippen molar-refractivity contribution in [1.29, 1.82) is 0 Å². The number of rotatable bonds is 6. The predicted molar refractivity (Wildman–Crippen MR) is 111 cm³/mol. The molecule has 2 aromatic carbocycles. The molecule has 0 aliphatic carbocycles. The van der Waals surface area contributed by atoms with Crippen LogP contribution >= 0.6 is 0 Å². The monoisotopic (exact) mass is 388 g/mol. The molecule has 29 heavy (non-hydrogen) atoms. The highest BCUT2D eigenvalue weighted by Crippen LogP contribution is 2.27. The van der Waals surface area contributed by atoms with E-state index in [2.05, 4.69) is 22.3 Å². The van der Waals surface area contributed by atoms with E-state index in [-0.39, 0.29) is 17.4 Å². The average molecular weight is 388 g/mol. The van der Waals surface area contributed by atoms with E-state index in [1.54, 1.807) is 28.8 Å². The topological polar surface area (TPSA) is 59.3 Å². The van der Waals surface area contributed by atoms with Crippen LogP contribution in [0.2, 0.25) is 0 Å². The molecule has 2 aromatic heterocycles. The molecule has 2 heterocycles. The molecule has 0 aliphatic heterocycles. The van der Waals surface area contributed by atoms with E-state index >= 15 is 0 Å². The van der Waals surface area contributed by atoms with Crippen LogP contribution in [-0.2, 0) is 0 Å². The molecule has 0 saturated heterocycles. The summed E-state index contributed by atoms with van der Waals surface area (Å²) < 4.78 is 16.1. The van der Waals surface area contributed by atoms with Crippen LogP contribution < -0.4 is 5.32 Å². The Labute approximate surface area is 168 Å². The molecule has 0 bridgehead atoms. The number of hydrogen-bond acceptors (Lipinski definition) is 3. The quantitative estimate of drug-likeness (QED) is 0.486. The largest absolute Gasteiger partial charge is 0.351 e. The molecule has 4 aromatic rings. The number of nitrogens with one attached hydrogen (secondary N) is 1. The van der Waals surface area contributed by atoms with Crippen molar-refractivity contribution in [2.24, 2.45) is 0 Å². The summed E-state index contributed by atoms with van der Waals surface area (Å²) in [6.45, 7) is 2.63. The highest BCUT2D eigenvalue weighted by Gasteiger charge is 2.17. The molecule has 4 rings (SSSR count). The summed E-state index contributed by atoms with van der Waals surface area (Å²) in [6.07, 6.45) is 1.87. The molecule has 0 radical (unpaired) electrons. The molecule has 0 fully saturated rings. The minimum Gasteiger partial charge on any atom is -0.351 e. The molecule has 146 valence electrons. The SMILES string of the molecule is CCCCNC(=O)c1cc(-c2ccccc2F)n2nc(-c3ccccc3)cc2n1. The van der Waals surface area contributed by atoms with Crippen LogP contribution in [0.25, 0.3) is 28.2 Å². The lowest BCUT2D eigenvalue weighted by molar-refractivity contribution is 0.0948. The number of hydrogen-bond donors (Lipinski definition) is 1. The first-order valence-electron chi connectivity index (χ1n) is 9.66. The van der Waals surface area contributed by atoms with Crippen molar-refractivity contribution in [2.45, 2.75) is 19.8 Å². The number of aromatic nitrogens is 3. The van der Waals surface area contributed by atoms with Gasteiger partial charge in [-0.1, -0.05) is 55.8 Å². The highest BCUT2D eigenvalue weighted by atomic mass is 19.1. The second kappa shape index (κ2) is 8.22. The first-order chi connectivity index (χ1) is 14.2. The Morgan fingerprint density at radius 1 is 1.07 bits per heavy atom. The number of fused-ring (bicyclic) bond motifs is 1. The highest BCUT2D eigenvalue weighted by molar-refractivity contribution is 5.94. The fourth-order valence-electron chi connectivity index (χ4n) is 3.17. The summed E-state index contributed by atoms with van der Waals surface area (Å²) in [5.41, 5.74) is 3.21. The number of nitrogens with zero attached hydrogens (tertiary/aromatic N) is 3. The van der Waals surface area contributed by atoms with Gasteiger partial charge in [-0.25, -0.2) is 13.9 Å². The Morgan fingerprint density at radius 2 is 1.83 bits per heavy atom. The molecule has 0 unspecified atom stereocenters. The summed E-state index contributed by atoms with van der Waals surface area (Å²) in [5.74, 6) is -0.657. The van der Waals surface area contributed by atoms with Gasteiger partial charge in [-0.05, 0) is 24.6 Å². The Hall–Kier alpha value is -3.54. The first kappa shape index (κ1) is 18.8. The molecule has 6 heteroatoms. The maximum atomic E-state index is 14.6. The summed E-state index contributed by atoms with van der Waals surface area (Å²) in [4.78, 5) is 17.1. The Balaban J connectivity index is 1.86. The normalized spacial score (nSPS) is 11.0. The Kier molecular flexibility index (Phi) is 5.33. The van der Waals surface area contributed by atoms with Crippen molar-refractivity contribution in [1.82, 2.24) is 19.9 Å².